The molecule has 2 aromatic carbocycles. The molecule has 0 fully saturated rings. The van der Waals surface area contributed by atoms with Gasteiger partial charge in [0.2, 0.25) is 0 Å². The van der Waals surface area contributed by atoms with Gasteiger partial charge in [-0.05, 0) is 73.8 Å². The molecule has 1 unspecified atom stereocenters. The molecule has 0 aromatic heterocycles. The van der Waals surface area contributed by atoms with Crippen molar-refractivity contribution in [1.82, 2.24) is 0 Å². The first-order chi connectivity index (χ1) is 20.3. The van der Waals surface area contributed by atoms with Crippen molar-refractivity contribution in [3.8, 4) is 17.2 Å². The Morgan fingerprint density at radius 2 is 1.88 bits per heavy atom. The van der Waals surface area contributed by atoms with Gasteiger partial charge in [0.25, 0.3) is 0 Å². The van der Waals surface area contributed by atoms with Gasteiger partial charge in [-0.1, -0.05) is 18.5 Å². The van der Waals surface area contributed by atoms with Crippen LogP contribution in [0, 0.1) is 13.8 Å². The average molecular weight is 379 g/mol. The smallest absolute Gasteiger partial charge is 0.160 e. The molecule has 0 aliphatic rings. The molecular formula is C22H30O4. The standard InChI is InChI=1S/C22H30O4/c1-16-9-11-20(13-17(16)2)26-15-19(23)8-6-5-7-18-10-12-21(24-3)22(14-18)25-4/h9-14,19,23H,5-8,15H2,1-4H3/i3D3,4D3,5D2,7D2,8D2,9D,10D,11D,12D,13D,14D,15D2. The highest BCUT2D eigenvalue weighted by Gasteiger charge is 2.07. The number of hydrogen-bond acceptors (Lipinski definition) is 4. The van der Waals surface area contributed by atoms with Gasteiger partial charge in [0.05, 0.1) is 39.4 Å². The molecular weight excluding hydrogens is 328 g/mol. The minimum atomic E-state index is -3.71. The molecule has 26 heavy (non-hydrogen) atoms. The highest BCUT2D eigenvalue weighted by Crippen LogP contribution is 2.28. The van der Waals surface area contributed by atoms with Crippen LogP contribution in [0.25, 0.3) is 0 Å². The molecule has 0 aliphatic carbocycles. The van der Waals surface area contributed by atoms with E-state index in [1.165, 1.54) is 13.8 Å². The van der Waals surface area contributed by atoms with Crippen LogP contribution >= 0.6 is 0 Å². The second-order valence-corrected chi connectivity index (χ2v) is 4.87. The van der Waals surface area contributed by atoms with Crippen LogP contribution in [0.2, 0.25) is 0 Å². The van der Waals surface area contributed by atoms with Crippen LogP contribution in [-0.2, 0) is 6.37 Å². The Kier molecular flexibility index (Phi) is 2.39. The molecule has 2 rings (SSSR count). The Bertz CT molecular complexity index is 1450. The van der Waals surface area contributed by atoms with Crippen molar-refractivity contribution in [1.29, 1.82) is 0 Å². The third-order valence-electron chi connectivity index (χ3n) is 3.05. The SMILES string of the molecule is [2H]c1c([2H])c(OC([2H])([2H])C(O)C([2H])([2H])CC([2H])([2H])C([2H])([2H])c2c([2H])c([2H])c(OC([2H])([2H])[2H])c(OC([2H])([2H])[2H])c2[2H])c([2H])c(C)c1C. The minimum absolute atomic E-state index is 0.122. The van der Waals surface area contributed by atoms with Gasteiger partial charge in [-0.3, -0.25) is 0 Å². The fourth-order valence-corrected chi connectivity index (χ4v) is 1.61. The molecule has 1 N–H and O–H groups in total. The van der Waals surface area contributed by atoms with Crippen LogP contribution in [0.5, 0.6) is 17.2 Å². The van der Waals surface area contributed by atoms with E-state index in [1.807, 2.05) is 0 Å². The molecule has 1 atom stereocenters. The van der Waals surface area contributed by atoms with Crippen LogP contribution in [-0.4, -0.2) is 31.8 Å². The fraction of sp³-hybridized carbons (Fsp3) is 0.455. The first-order valence-corrected chi connectivity index (χ1v) is 7.27. The molecule has 0 bridgehead atoms. The number of aliphatic hydroxyl groups excluding tert-OH is 1. The van der Waals surface area contributed by atoms with E-state index in [-0.39, 0.29) is 11.1 Å². The molecule has 0 saturated carbocycles. The molecule has 0 saturated heterocycles. The maximum Gasteiger partial charge on any atom is 0.160 e. The minimum Gasteiger partial charge on any atom is -0.493 e. The Balaban J connectivity index is 2.64. The third-order valence-corrected chi connectivity index (χ3v) is 3.05. The van der Waals surface area contributed by atoms with E-state index in [1.54, 1.807) is 0 Å². The van der Waals surface area contributed by atoms with E-state index >= 15 is 0 Å². The van der Waals surface area contributed by atoms with Crippen LogP contribution in [0.1, 0.15) is 63.3 Å². The second kappa shape index (κ2) is 10.1. The van der Waals surface area contributed by atoms with Crippen molar-refractivity contribution in [2.45, 2.75) is 45.5 Å². The van der Waals surface area contributed by atoms with Gasteiger partial charge in [-0.15, -0.1) is 0 Å². The number of rotatable bonds is 10. The van der Waals surface area contributed by atoms with Crippen molar-refractivity contribution >= 4 is 0 Å². The van der Waals surface area contributed by atoms with Gasteiger partial charge in [-0.25, -0.2) is 0 Å². The van der Waals surface area contributed by atoms with Crippen molar-refractivity contribution in [2.75, 3.05) is 20.6 Å². The van der Waals surface area contributed by atoms with Crippen LogP contribution in [0.4, 0.5) is 0 Å². The molecule has 4 heteroatoms. The lowest BCUT2D eigenvalue weighted by molar-refractivity contribution is 0.0976. The number of benzene rings is 2. The van der Waals surface area contributed by atoms with Gasteiger partial charge < -0.3 is 19.3 Å². The van der Waals surface area contributed by atoms with Gasteiger partial charge in [0, 0.05) is 8.22 Å². The lowest BCUT2D eigenvalue weighted by Gasteiger charge is -2.13. The quantitative estimate of drug-likeness (QED) is 0.662. The van der Waals surface area contributed by atoms with Gasteiger partial charge in [0.15, 0.2) is 11.5 Å². The predicted molar refractivity (Wildman–Crippen MR) is 105 cm³/mol. The van der Waals surface area contributed by atoms with E-state index in [9.17, 15) is 5.11 Å². The zero-order valence-electron chi connectivity index (χ0n) is 34.0. The van der Waals surface area contributed by atoms with Gasteiger partial charge in [-0.2, -0.15) is 0 Å². The molecule has 0 aliphatic heterocycles. The van der Waals surface area contributed by atoms with Crippen LogP contribution in [0.3, 0.4) is 0 Å². The van der Waals surface area contributed by atoms with Gasteiger partial charge in [0.1, 0.15) is 12.3 Å². The Labute approximate surface area is 184 Å². The molecule has 0 spiro atoms. The third kappa shape index (κ3) is 5.95. The van der Waals surface area contributed by atoms with Gasteiger partial charge >= 0.3 is 0 Å². The lowest BCUT2D eigenvalue weighted by atomic mass is 10.0. The monoisotopic (exact) mass is 378 g/mol. The average Bonchev–Trinajstić information content (AvgIpc) is 2.87. The van der Waals surface area contributed by atoms with Crippen LogP contribution in [0.15, 0.2) is 36.3 Å². The van der Waals surface area contributed by atoms with Crippen molar-refractivity contribution < 1.29 is 46.7 Å². The van der Waals surface area contributed by atoms with Crippen LogP contribution < -0.4 is 14.2 Å². The number of ether oxygens (including phenoxy) is 3. The number of aliphatic hydroxyl groups is 1. The normalized spacial score (nSPS) is 26.3. The molecule has 2 aromatic rings. The fourth-order valence-electron chi connectivity index (χ4n) is 1.61. The summed E-state index contributed by atoms with van der Waals surface area (Å²) in [6.07, 6.45) is -15.5. The second-order valence-electron chi connectivity index (χ2n) is 4.87. The lowest BCUT2D eigenvalue weighted by Crippen LogP contribution is -2.17. The summed E-state index contributed by atoms with van der Waals surface area (Å²) in [6.45, 7) is -0.712. The largest absolute Gasteiger partial charge is 0.493 e. The summed E-state index contributed by atoms with van der Waals surface area (Å²) in [4.78, 5) is 0. The van der Waals surface area contributed by atoms with E-state index in [4.69, 9.17) is 32.2 Å². The van der Waals surface area contributed by atoms with Crippen molar-refractivity contribution in [3.05, 3.63) is 52.9 Å². The summed E-state index contributed by atoms with van der Waals surface area (Å²) in [5.74, 6) is -3.43. The molecule has 0 radical (unpaired) electrons. The Morgan fingerprint density at radius 1 is 1.08 bits per heavy atom. The Morgan fingerprint density at radius 3 is 2.69 bits per heavy atom. The molecule has 4 nitrogen and oxygen atoms in total. The van der Waals surface area contributed by atoms with Crippen molar-refractivity contribution in [3.63, 3.8) is 0 Å². The predicted octanol–water partition coefficient (Wildman–Crippen LogP) is 4.47. The zero-order chi connectivity index (χ0) is 36.3. The Hall–Kier alpha value is -2.20. The summed E-state index contributed by atoms with van der Waals surface area (Å²) in [7, 11) is -6.81. The summed E-state index contributed by atoms with van der Waals surface area (Å²) in [5.41, 5.74) is -1.05. The number of methoxy groups -OCH3 is 2. The van der Waals surface area contributed by atoms with E-state index in [0.717, 1.165) is 0 Å². The zero-order valence-corrected chi connectivity index (χ0v) is 14.0. The van der Waals surface area contributed by atoms with Crippen molar-refractivity contribution in [2.24, 2.45) is 0 Å². The van der Waals surface area contributed by atoms with E-state index in [0.29, 0.717) is 0 Å². The first-order valence-electron chi connectivity index (χ1n) is 17.3. The molecule has 0 amide bonds. The highest BCUT2D eigenvalue weighted by atomic mass is 16.5. The number of hydrogen-bond donors (Lipinski definition) is 1. The topological polar surface area (TPSA) is 47.9 Å². The summed E-state index contributed by atoms with van der Waals surface area (Å²) < 4.78 is 173. The first kappa shape index (κ1) is 6.16. The maximum atomic E-state index is 10.7. The highest BCUT2D eigenvalue weighted by molar-refractivity contribution is 5.42. The summed E-state index contributed by atoms with van der Waals surface area (Å²) in [6, 6.07) is -5.81. The molecule has 142 valence electrons. The van der Waals surface area contributed by atoms with E-state index in [2.05, 4.69) is 9.47 Å². The molecule has 0 heterocycles. The summed E-state index contributed by atoms with van der Waals surface area (Å²) in [5, 5.41) is 10.7. The van der Waals surface area contributed by atoms with E-state index < -0.39 is 111 Å². The summed E-state index contributed by atoms with van der Waals surface area (Å²) >= 11 is 0. The maximum absolute atomic E-state index is 10.7.